The summed E-state index contributed by atoms with van der Waals surface area (Å²) < 4.78 is 5.60. The highest BCUT2D eigenvalue weighted by molar-refractivity contribution is 6.30. The first-order valence-corrected chi connectivity index (χ1v) is 5.18. The zero-order valence-corrected chi connectivity index (χ0v) is 9.53. The highest BCUT2D eigenvalue weighted by Crippen LogP contribution is 2.26. The van der Waals surface area contributed by atoms with E-state index in [0.717, 1.165) is 11.3 Å². The fourth-order valence-corrected chi connectivity index (χ4v) is 1.55. The Labute approximate surface area is 98.8 Å². The summed E-state index contributed by atoms with van der Waals surface area (Å²) in [5, 5.41) is 0.686. The second kappa shape index (κ2) is 4.41. The van der Waals surface area contributed by atoms with Crippen molar-refractivity contribution in [2.24, 2.45) is 0 Å². The zero-order valence-electron chi connectivity index (χ0n) is 8.77. The van der Waals surface area contributed by atoms with Crippen LogP contribution in [0, 0.1) is 6.92 Å². The number of benzene rings is 1. The van der Waals surface area contributed by atoms with Crippen LogP contribution in [-0.2, 0) is 0 Å². The Hall–Kier alpha value is -1.74. The minimum Gasteiger partial charge on any atom is -0.439 e. The molecule has 0 saturated heterocycles. The summed E-state index contributed by atoms with van der Waals surface area (Å²) in [5.74, 6) is 1.20. The number of nitrogen functional groups attached to an aromatic ring is 1. The number of anilines is 1. The maximum absolute atomic E-state index is 5.85. The molecular weight excluding hydrogens is 224 g/mol. The predicted molar refractivity (Wildman–Crippen MR) is 64.9 cm³/mol. The Morgan fingerprint density at radius 2 is 2.06 bits per heavy atom. The Bertz CT molecular complexity index is 514. The fourth-order valence-electron chi connectivity index (χ4n) is 1.32. The van der Waals surface area contributed by atoms with Crippen molar-refractivity contribution in [2.45, 2.75) is 6.92 Å². The highest BCUT2D eigenvalue weighted by atomic mass is 35.5. The first-order valence-electron chi connectivity index (χ1n) is 4.81. The van der Waals surface area contributed by atoms with Crippen molar-refractivity contribution >= 4 is 17.3 Å². The molecule has 2 rings (SSSR count). The average molecular weight is 235 g/mol. The van der Waals surface area contributed by atoms with E-state index in [1.807, 2.05) is 19.1 Å². The summed E-state index contributed by atoms with van der Waals surface area (Å²) in [5.41, 5.74) is 7.21. The van der Waals surface area contributed by atoms with Crippen LogP contribution in [0.25, 0.3) is 0 Å². The molecule has 1 heterocycles. The van der Waals surface area contributed by atoms with E-state index in [2.05, 4.69) is 4.98 Å². The van der Waals surface area contributed by atoms with E-state index in [4.69, 9.17) is 22.1 Å². The molecule has 1 aromatic carbocycles. The molecular formula is C12H11ClN2O. The number of rotatable bonds is 2. The van der Waals surface area contributed by atoms with Crippen LogP contribution in [0.4, 0.5) is 5.69 Å². The number of nitrogens with two attached hydrogens (primary N) is 1. The second-order valence-corrected chi connectivity index (χ2v) is 3.88. The van der Waals surface area contributed by atoms with Crippen molar-refractivity contribution in [1.29, 1.82) is 0 Å². The van der Waals surface area contributed by atoms with Gasteiger partial charge in [0, 0.05) is 23.0 Å². The van der Waals surface area contributed by atoms with Gasteiger partial charge >= 0.3 is 0 Å². The molecule has 0 spiro atoms. The summed E-state index contributed by atoms with van der Waals surface area (Å²) in [6.45, 7) is 1.92. The highest BCUT2D eigenvalue weighted by Gasteiger charge is 2.03. The summed E-state index contributed by atoms with van der Waals surface area (Å²) in [4.78, 5) is 4.06. The van der Waals surface area contributed by atoms with Crippen LogP contribution in [0.2, 0.25) is 5.02 Å². The number of aryl methyl sites for hydroxylation is 1. The molecule has 0 fully saturated rings. The molecule has 82 valence electrons. The Morgan fingerprint density at radius 1 is 1.25 bits per heavy atom. The fraction of sp³-hybridized carbons (Fsp3) is 0.0833. The van der Waals surface area contributed by atoms with Gasteiger partial charge in [-0.3, -0.25) is 0 Å². The first kappa shape index (κ1) is 10.8. The van der Waals surface area contributed by atoms with Crippen LogP contribution < -0.4 is 10.5 Å². The Balaban J connectivity index is 2.27. The summed E-state index contributed by atoms with van der Waals surface area (Å²) in [6.07, 6.45) is 1.61. The van der Waals surface area contributed by atoms with Gasteiger partial charge in [0.2, 0.25) is 5.88 Å². The van der Waals surface area contributed by atoms with Gasteiger partial charge in [-0.25, -0.2) is 4.98 Å². The lowest BCUT2D eigenvalue weighted by atomic mass is 10.2. The molecule has 1 aromatic heterocycles. The second-order valence-electron chi connectivity index (χ2n) is 3.44. The average Bonchev–Trinajstić information content (AvgIpc) is 2.22. The number of hydrogen-bond acceptors (Lipinski definition) is 3. The molecule has 0 aliphatic carbocycles. The van der Waals surface area contributed by atoms with Crippen LogP contribution in [-0.4, -0.2) is 4.98 Å². The third kappa shape index (κ3) is 2.44. The van der Waals surface area contributed by atoms with E-state index >= 15 is 0 Å². The molecule has 16 heavy (non-hydrogen) atoms. The van der Waals surface area contributed by atoms with Crippen LogP contribution in [0.15, 0.2) is 36.5 Å². The van der Waals surface area contributed by atoms with Crippen molar-refractivity contribution in [2.75, 3.05) is 5.73 Å². The van der Waals surface area contributed by atoms with Gasteiger partial charge < -0.3 is 10.5 Å². The maximum Gasteiger partial charge on any atom is 0.221 e. The van der Waals surface area contributed by atoms with E-state index in [9.17, 15) is 0 Å². The largest absolute Gasteiger partial charge is 0.439 e. The van der Waals surface area contributed by atoms with Gasteiger partial charge in [0.25, 0.3) is 0 Å². The minimum absolute atomic E-state index is 0.477. The lowest BCUT2D eigenvalue weighted by Crippen LogP contribution is -1.92. The monoisotopic (exact) mass is 234 g/mol. The smallest absolute Gasteiger partial charge is 0.221 e. The quantitative estimate of drug-likeness (QED) is 0.866. The van der Waals surface area contributed by atoms with Gasteiger partial charge in [0.1, 0.15) is 5.75 Å². The molecule has 0 atom stereocenters. The van der Waals surface area contributed by atoms with E-state index in [-0.39, 0.29) is 0 Å². The molecule has 3 nitrogen and oxygen atoms in total. The van der Waals surface area contributed by atoms with E-state index in [1.165, 1.54) is 0 Å². The topological polar surface area (TPSA) is 48.1 Å². The number of aromatic nitrogens is 1. The lowest BCUT2D eigenvalue weighted by Gasteiger charge is -2.08. The summed E-state index contributed by atoms with van der Waals surface area (Å²) >= 11 is 5.85. The van der Waals surface area contributed by atoms with Crippen LogP contribution in [0.1, 0.15) is 5.56 Å². The van der Waals surface area contributed by atoms with Crippen molar-refractivity contribution in [3.05, 3.63) is 47.1 Å². The van der Waals surface area contributed by atoms with E-state index in [0.29, 0.717) is 16.6 Å². The summed E-state index contributed by atoms with van der Waals surface area (Å²) in [6, 6.07) is 8.80. The van der Waals surface area contributed by atoms with Gasteiger partial charge in [-0.15, -0.1) is 0 Å². The molecule has 4 heteroatoms. The number of pyridine rings is 1. The van der Waals surface area contributed by atoms with Crippen LogP contribution >= 0.6 is 11.6 Å². The molecule has 0 aliphatic heterocycles. The van der Waals surface area contributed by atoms with Gasteiger partial charge in [0.05, 0.1) is 0 Å². The Morgan fingerprint density at radius 3 is 2.75 bits per heavy atom. The van der Waals surface area contributed by atoms with E-state index < -0.39 is 0 Å². The van der Waals surface area contributed by atoms with Gasteiger partial charge in [-0.1, -0.05) is 11.6 Å². The maximum atomic E-state index is 5.85. The number of halogens is 1. The van der Waals surface area contributed by atoms with Crippen LogP contribution in [0.5, 0.6) is 11.6 Å². The normalized spacial score (nSPS) is 10.1. The first-order chi connectivity index (χ1) is 7.65. The van der Waals surface area contributed by atoms with Crippen LogP contribution in [0.3, 0.4) is 0 Å². The molecule has 0 unspecified atom stereocenters. The molecule has 2 aromatic rings. The van der Waals surface area contributed by atoms with E-state index in [1.54, 1.807) is 24.4 Å². The molecule has 0 amide bonds. The molecule has 0 radical (unpaired) electrons. The number of nitrogens with zero attached hydrogens (tertiary/aromatic N) is 1. The van der Waals surface area contributed by atoms with Gasteiger partial charge in [-0.05, 0) is 36.8 Å². The molecule has 0 saturated carbocycles. The standard InChI is InChI=1S/C12H11ClN2O/c1-8-6-9(13)2-3-11(8)16-12-7-10(14)4-5-15-12/h2-7H,1H3,(H2,14,15). The zero-order chi connectivity index (χ0) is 11.5. The van der Waals surface area contributed by atoms with Crippen molar-refractivity contribution in [3.8, 4) is 11.6 Å². The van der Waals surface area contributed by atoms with Crippen molar-refractivity contribution in [1.82, 2.24) is 4.98 Å². The predicted octanol–water partition coefficient (Wildman–Crippen LogP) is 3.42. The van der Waals surface area contributed by atoms with Gasteiger partial charge in [0.15, 0.2) is 0 Å². The molecule has 0 bridgehead atoms. The number of ether oxygens (including phenoxy) is 1. The summed E-state index contributed by atoms with van der Waals surface area (Å²) in [7, 11) is 0. The Kier molecular flexibility index (Phi) is 2.97. The third-order valence-electron chi connectivity index (χ3n) is 2.11. The lowest BCUT2D eigenvalue weighted by molar-refractivity contribution is 0.460. The van der Waals surface area contributed by atoms with Gasteiger partial charge in [-0.2, -0.15) is 0 Å². The van der Waals surface area contributed by atoms with Crippen molar-refractivity contribution < 1.29 is 4.74 Å². The third-order valence-corrected chi connectivity index (χ3v) is 2.35. The molecule has 0 aliphatic rings. The number of hydrogen-bond donors (Lipinski definition) is 1. The SMILES string of the molecule is Cc1cc(Cl)ccc1Oc1cc(N)ccn1. The van der Waals surface area contributed by atoms with Crippen molar-refractivity contribution in [3.63, 3.8) is 0 Å². The molecule has 2 N–H and O–H groups in total. The minimum atomic E-state index is 0.477.